The van der Waals surface area contributed by atoms with E-state index in [9.17, 15) is 4.79 Å². The van der Waals surface area contributed by atoms with E-state index in [1.165, 1.54) is 4.70 Å². The number of thiazole rings is 1. The van der Waals surface area contributed by atoms with Gasteiger partial charge in [0.05, 0.1) is 21.6 Å². The quantitative estimate of drug-likeness (QED) is 0.386. The summed E-state index contributed by atoms with van der Waals surface area (Å²) in [6.45, 7) is 0.676. The summed E-state index contributed by atoms with van der Waals surface area (Å²) in [5.41, 5.74) is 9.64. The molecule has 29 heavy (non-hydrogen) atoms. The molecule has 0 saturated heterocycles. The smallest absolute Gasteiger partial charge is 0.255 e. The van der Waals surface area contributed by atoms with E-state index in [2.05, 4.69) is 21.7 Å². The molecule has 0 saturated carbocycles. The van der Waals surface area contributed by atoms with Crippen LogP contribution in [0.15, 0.2) is 78.9 Å². The predicted octanol–water partition coefficient (Wildman–Crippen LogP) is 5.26. The fourth-order valence-electron chi connectivity index (χ4n) is 2.84. The molecule has 144 valence electrons. The second kappa shape index (κ2) is 8.58. The summed E-state index contributed by atoms with van der Waals surface area (Å²) >= 11 is 1.64. The van der Waals surface area contributed by atoms with Crippen molar-refractivity contribution in [1.29, 1.82) is 0 Å². The predicted molar refractivity (Wildman–Crippen MR) is 122 cm³/mol. The van der Waals surface area contributed by atoms with Crippen LogP contribution < -0.4 is 16.4 Å². The fourth-order valence-corrected chi connectivity index (χ4v) is 3.71. The van der Waals surface area contributed by atoms with Gasteiger partial charge in [0.1, 0.15) is 0 Å². The Hall–Kier alpha value is -3.64. The van der Waals surface area contributed by atoms with E-state index in [0.29, 0.717) is 23.5 Å². The molecule has 0 spiro atoms. The van der Waals surface area contributed by atoms with E-state index in [-0.39, 0.29) is 5.91 Å². The third-order valence-electron chi connectivity index (χ3n) is 4.36. The molecule has 4 N–H and O–H groups in total. The minimum Gasteiger partial charge on any atom is -0.397 e. The number of hydrogen-bond acceptors (Lipinski definition) is 5. The van der Waals surface area contributed by atoms with Crippen molar-refractivity contribution in [2.75, 3.05) is 22.9 Å². The molecule has 4 aromatic rings. The monoisotopic (exact) mass is 400 g/mol. The molecule has 1 aromatic heterocycles. The third-order valence-corrected chi connectivity index (χ3v) is 5.35. The number of nitrogens with two attached hydrogens (primary N) is 1. The Labute approximate surface area is 172 Å². The van der Waals surface area contributed by atoms with Crippen molar-refractivity contribution in [1.82, 2.24) is 4.98 Å². The number of amides is 1. The van der Waals surface area contributed by atoms with Gasteiger partial charge in [-0.3, -0.25) is 4.79 Å². The lowest BCUT2D eigenvalue weighted by Crippen LogP contribution is -2.12. The van der Waals surface area contributed by atoms with Crippen LogP contribution in [0.5, 0.6) is 0 Å². The molecule has 0 unspecified atom stereocenters. The Balaban J connectivity index is 1.32. The van der Waals surface area contributed by atoms with E-state index < -0.39 is 0 Å². The van der Waals surface area contributed by atoms with Gasteiger partial charge in [-0.25, -0.2) is 4.98 Å². The molecular weight excluding hydrogens is 380 g/mol. The molecule has 0 radical (unpaired) electrons. The Morgan fingerprint density at radius 3 is 2.55 bits per heavy atom. The molecule has 0 fully saturated rings. The summed E-state index contributed by atoms with van der Waals surface area (Å²) in [5.74, 6) is -0.184. The second-order valence-electron chi connectivity index (χ2n) is 6.43. The highest BCUT2D eigenvalue weighted by atomic mass is 32.1. The number of nitrogens with one attached hydrogen (secondary N) is 2. The number of carbonyl (C=O) groups is 1. The van der Waals surface area contributed by atoms with Crippen LogP contribution in [0.2, 0.25) is 0 Å². The average molecular weight is 401 g/mol. The molecule has 0 atom stereocenters. The van der Waals surface area contributed by atoms with Crippen molar-refractivity contribution in [3.05, 3.63) is 90.0 Å². The summed E-state index contributed by atoms with van der Waals surface area (Å²) in [7, 11) is 0. The van der Waals surface area contributed by atoms with E-state index >= 15 is 0 Å². The van der Waals surface area contributed by atoms with Crippen LogP contribution in [-0.4, -0.2) is 17.4 Å². The van der Waals surface area contributed by atoms with Gasteiger partial charge in [-0.15, -0.1) is 0 Å². The third kappa shape index (κ3) is 4.62. The van der Waals surface area contributed by atoms with Crippen LogP contribution in [0.3, 0.4) is 0 Å². The first-order valence-corrected chi connectivity index (χ1v) is 10.0. The maximum atomic E-state index is 12.4. The van der Waals surface area contributed by atoms with Crippen molar-refractivity contribution in [2.45, 2.75) is 0 Å². The summed E-state index contributed by atoms with van der Waals surface area (Å²) in [6.07, 6.45) is 4.04. The molecule has 5 nitrogen and oxygen atoms in total. The van der Waals surface area contributed by atoms with Crippen molar-refractivity contribution in [3.8, 4) is 0 Å². The number of hydrogen-bond donors (Lipinski definition) is 3. The van der Waals surface area contributed by atoms with E-state index in [1.54, 1.807) is 35.6 Å². The number of anilines is 3. The van der Waals surface area contributed by atoms with Crippen LogP contribution >= 0.6 is 11.3 Å². The molecule has 0 bridgehead atoms. The largest absolute Gasteiger partial charge is 0.397 e. The lowest BCUT2D eigenvalue weighted by molar-refractivity contribution is 0.102. The number of para-hydroxylation sites is 3. The molecule has 0 aliphatic rings. The first kappa shape index (κ1) is 18.7. The van der Waals surface area contributed by atoms with Gasteiger partial charge in [0.15, 0.2) is 5.13 Å². The molecule has 1 heterocycles. The summed E-state index contributed by atoms with van der Waals surface area (Å²) in [5, 5.41) is 7.05. The lowest BCUT2D eigenvalue weighted by atomic mass is 10.1. The van der Waals surface area contributed by atoms with Gasteiger partial charge in [0.25, 0.3) is 5.91 Å². The fraction of sp³-hybridized carbons (Fsp3) is 0.0435. The van der Waals surface area contributed by atoms with Crippen molar-refractivity contribution in [2.24, 2.45) is 0 Å². The summed E-state index contributed by atoms with van der Waals surface area (Å²) in [6, 6.07) is 22.7. The molecular formula is C23H20N4OS. The van der Waals surface area contributed by atoms with Crippen LogP contribution in [0.25, 0.3) is 16.3 Å². The zero-order valence-electron chi connectivity index (χ0n) is 15.6. The number of carbonyl (C=O) groups excluding carboxylic acids is 1. The maximum absolute atomic E-state index is 12.4. The number of nitrogens with zero attached hydrogens (tertiary/aromatic N) is 1. The highest BCUT2D eigenvalue weighted by Gasteiger charge is 2.07. The lowest BCUT2D eigenvalue weighted by Gasteiger charge is -2.08. The Morgan fingerprint density at radius 2 is 1.76 bits per heavy atom. The number of rotatable bonds is 6. The zero-order valence-corrected chi connectivity index (χ0v) is 16.4. The van der Waals surface area contributed by atoms with Gasteiger partial charge in [0, 0.05) is 12.1 Å². The molecule has 3 aromatic carbocycles. The van der Waals surface area contributed by atoms with E-state index in [1.807, 2.05) is 54.6 Å². The van der Waals surface area contributed by atoms with Crippen molar-refractivity contribution >= 4 is 50.0 Å². The normalized spacial score (nSPS) is 11.0. The Bertz CT molecular complexity index is 1130. The van der Waals surface area contributed by atoms with Gasteiger partial charge >= 0.3 is 0 Å². The number of aromatic nitrogens is 1. The SMILES string of the molecule is Nc1ccccc1NC(=O)c1ccc(/C=C/CNc2nc3ccccc3s2)cc1. The second-order valence-corrected chi connectivity index (χ2v) is 7.46. The van der Waals surface area contributed by atoms with E-state index in [4.69, 9.17) is 5.73 Å². The Morgan fingerprint density at radius 1 is 1.00 bits per heavy atom. The topological polar surface area (TPSA) is 80.0 Å². The highest BCUT2D eigenvalue weighted by molar-refractivity contribution is 7.22. The van der Waals surface area contributed by atoms with Gasteiger partial charge in [-0.2, -0.15) is 0 Å². The number of fused-ring (bicyclic) bond motifs is 1. The number of benzene rings is 3. The van der Waals surface area contributed by atoms with Crippen LogP contribution in [0.1, 0.15) is 15.9 Å². The van der Waals surface area contributed by atoms with Crippen LogP contribution in [-0.2, 0) is 0 Å². The first-order chi connectivity index (χ1) is 14.2. The molecule has 0 aliphatic carbocycles. The molecule has 4 rings (SSSR count). The van der Waals surface area contributed by atoms with Crippen LogP contribution in [0, 0.1) is 0 Å². The standard InChI is InChI=1S/C23H20N4OS/c24-18-7-1-2-8-19(18)26-22(28)17-13-11-16(12-14-17)6-5-15-25-23-27-20-9-3-4-10-21(20)29-23/h1-14H,15,24H2,(H,25,27)(H,26,28)/b6-5+. The van der Waals surface area contributed by atoms with Gasteiger partial charge < -0.3 is 16.4 Å². The Kier molecular flexibility index (Phi) is 5.54. The molecule has 1 amide bonds. The minimum absolute atomic E-state index is 0.184. The molecule has 6 heteroatoms. The first-order valence-electron chi connectivity index (χ1n) is 9.21. The van der Waals surface area contributed by atoms with Crippen molar-refractivity contribution in [3.63, 3.8) is 0 Å². The summed E-state index contributed by atoms with van der Waals surface area (Å²) < 4.78 is 1.17. The zero-order chi connectivity index (χ0) is 20.1. The van der Waals surface area contributed by atoms with Crippen LogP contribution in [0.4, 0.5) is 16.5 Å². The average Bonchev–Trinajstić information content (AvgIpc) is 3.16. The molecule has 0 aliphatic heterocycles. The maximum Gasteiger partial charge on any atom is 0.255 e. The van der Waals surface area contributed by atoms with E-state index in [0.717, 1.165) is 16.2 Å². The minimum atomic E-state index is -0.184. The summed E-state index contributed by atoms with van der Waals surface area (Å²) in [4.78, 5) is 16.9. The number of nitrogen functional groups attached to an aromatic ring is 1. The van der Waals surface area contributed by atoms with Gasteiger partial charge in [0.2, 0.25) is 0 Å². The van der Waals surface area contributed by atoms with Crippen molar-refractivity contribution < 1.29 is 4.79 Å². The van der Waals surface area contributed by atoms with Gasteiger partial charge in [-0.1, -0.05) is 59.9 Å². The van der Waals surface area contributed by atoms with Gasteiger partial charge in [-0.05, 0) is 42.0 Å². The highest BCUT2D eigenvalue weighted by Crippen LogP contribution is 2.25.